The van der Waals surface area contributed by atoms with E-state index in [0.29, 0.717) is 120 Å². The Balaban J connectivity index is 0.702. The molecule has 8 heterocycles. The number of hydrogen-bond donors (Lipinski definition) is 2. The third kappa shape index (κ3) is 9.13. The first-order valence-electron chi connectivity index (χ1n) is 24.2. The summed E-state index contributed by atoms with van der Waals surface area (Å²) in [6.07, 6.45) is 9.67. The maximum absolute atomic E-state index is 15.1. The van der Waals surface area contributed by atoms with Crippen molar-refractivity contribution < 1.29 is 33.1 Å². The summed E-state index contributed by atoms with van der Waals surface area (Å²) in [7, 11) is 0. The monoisotopic (exact) mass is 927 g/mol. The Morgan fingerprint density at radius 3 is 2.40 bits per heavy atom. The molecule has 1 aromatic carbocycles. The number of benzene rings is 1. The quantitative estimate of drug-likeness (QED) is 0.185. The van der Waals surface area contributed by atoms with Crippen LogP contribution in [0.15, 0.2) is 55.0 Å². The predicted molar refractivity (Wildman–Crippen MR) is 248 cm³/mol. The highest BCUT2D eigenvalue weighted by Gasteiger charge is 2.53. The maximum atomic E-state index is 15.1. The number of ether oxygens (including phenoxy) is 1. The largest absolute Gasteiger partial charge is 0.492 e. The molecule has 5 aliphatic heterocycles. The summed E-state index contributed by atoms with van der Waals surface area (Å²) in [6.45, 7) is 9.48. The number of carbonyl (C=O) groups excluding carboxylic acids is 5. The van der Waals surface area contributed by atoms with E-state index in [0.717, 1.165) is 54.0 Å². The molecule has 1 atom stereocenters. The molecule has 0 radical (unpaired) electrons. The Hall–Kier alpha value is -6.45. The van der Waals surface area contributed by atoms with Crippen LogP contribution in [0.3, 0.4) is 0 Å². The van der Waals surface area contributed by atoms with Crippen molar-refractivity contribution in [1.82, 2.24) is 44.8 Å². The molecule has 68 heavy (non-hydrogen) atoms. The molecule has 17 nitrogen and oxygen atoms in total. The number of nitrogens with zero attached hydrogens (tertiary/aromatic N) is 9. The minimum Gasteiger partial charge on any atom is -0.492 e. The topological polar surface area (TPSA) is 189 Å². The molecule has 4 saturated heterocycles. The summed E-state index contributed by atoms with van der Waals surface area (Å²) in [4.78, 5) is 79.6. The van der Waals surface area contributed by atoms with Crippen LogP contribution in [-0.4, -0.2) is 153 Å². The Labute approximate surface area is 394 Å². The Bertz CT molecular complexity index is 2660. The van der Waals surface area contributed by atoms with Gasteiger partial charge in [-0.05, 0) is 106 Å². The van der Waals surface area contributed by atoms with Gasteiger partial charge >= 0.3 is 0 Å². The van der Waals surface area contributed by atoms with Crippen LogP contribution < -0.4 is 20.3 Å². The number of anilines is 1. The molecular weight excluding hydrogens is 870 g/mol. The zero-order valence-corrected chi connectivity index (χ0v) is 38.6. The van der Waals surface area contributed by atoms with E-state index < -0.39 is 29.1 Å². The first-order chi connectivity index (χ1) is 32.9. The van der Waals surface area contributed by atoms with Crippen molar-refractivity contribution in [2.45, 2.75) is 94.4 Å². The molecule has 6 aliphatic rings. The average molecular weight is 928 g/mol. The van der Waals surface area contributed by atoms with E-state index in [-0.39, 0.29) is 37.0 Å². The molecule has 4 aromatic rings. The fraction of sp³-hybridized carbons (Fsp3) is 0.520. The smallest absolute Gasteiger partial charge is 0.258 e. The van der Waals surface area contributed by atoms with Crippen LogP contribution in [0, 0.1) is 11.3 Å². The van der Waals surface area contributed by atoms with Gasteiger partial charge in [0.2, 0.25) is 17.7 Å². The zero-order chi connectivity index (χ0) is 47.2. The van der Waals surface area contributed by atoms with Crippen molar-refractivity contribution in [3.63, 3.8) is 0 Å². The van der Waals surface area contributed by atoms with Gasteiger partial charge in [0.05, 0.1) is 35.6 Å². The fourth-order valence-corrected chi connectivity index (χ4v) is 10.9. The first kappa shape index (κ1) is 45.3. The molecule has 1 saturated carbocycles. The number of pyridine rings is 2. The lowest BCUT2D eigenvalue weighted by atomic mass is 9.86. The molecule has 2 N–H and O–H groups in total. The lowest BCUT2D eigenvalue weighted by Gasteiger charge is -2.47. The number of carbonyl (C=O) groups is 5. The molecule has 0 bridgehead atoms. The lowest BCUT2D eigenvalue weighted by molar-refractivity contribution is -0.137. The van der Waals surface area contributed by atoms with E-state index in [2.05, 4.69) is 42.6 Å². The third-order valence-corrected chi connectivity index (χ3v) is 15.1. The second kappa shape index (κ2) is 18.6. The zero-order valence-electron chi connectivity index (χ0n) is 38.6. The number of nitriles is 1. The van der Waals surface area contributed by atoms with Crippen molar-refractivity contribution in [1.29, 1.82) is 5.26 Å². The van der Waals surface area contributed by atoms with Gasteiger partial charge in [0.15, 0.2) is 5.67 Å². The summed E-state index contributed by atoms with van der Waals surface area (Å²) in [5.74, 6) is 0.475. The number of hydrogen-bond acceptors (Lipinski definition) is 12. The van der Waals surface area contributed by atoms with Gasteiger partial charge in [0, 0.05) is 94.6 Å². The lowest BCUT2D eigenvalue weighted by Crippen LogP contribution is -2.64. The van der Waals surface area contributed by atoms with Crippen LogP contribution in [0.25, 0.3) is 16.6 Å². The molecule has 10 rings (SSSR count). The Morgan fingerprint density at radius 1 is 0.926 bits per heavy atom. The first-order valence-corrected chi connectivity index (χ1v) is 24.2. The fourth-order valence-electron chi connectivity index (χ4n) is 10.9. The van der Waals surface area contributed by atoms with E-state index in [4.69, 9.17) is 9.72 Å². The summed E-state index contributed by atoms with van der Waals surface area (Å²) in [5, 5.41) is 19.7. The third-order valence-electron chi connectivity index (χ3n) is 15.1. The molecule has 1 unspecified atom stereocenters. The van der Waals surface area contributed by atoms with Crippen LogP contribution in [0.4, 0.5) is 10.2 Å². The van der Waals surface area contributed by atoms with Gasteiger partial charge < -0.3 is 29.7 Å². The highest BCUT2D eigenvalue weighted by Crippen LogP contribution is 2.41. The number of imide groups is 1. The van der Waals surface area contributed by atoms with E-state index in [9.17, 15) is 29.2 Å². The number of piperidine rings is 3. The predicted octanol–water partition coefficient (Wildman–Crippen LogP) is 3.80. The van der Waals surface area contributed by atoms with Crippen molar-refractivity contribution in [2.24, 2.45) is 0 Å². The number of likely N-dealkylation sites (tertiary alicyclic amines) is 1. The molecule has 0 spiro atoms. The van der Waals surface area contributed by atoms with Gasteiger partial charge in [0.1, 0.15) is 23.7 Å². The van der Waals surface area contributed by atoms with Crippen molar-refractivity contribution in [2.75, 3.05) is 77.0 Å². The second-order valence-electron chi connectivity index (χ2n) is 19.4. The van der Waals surface area contributed by atoms with Crippen molar-refractivity contribution >= 4 is 40.9 Å². The standard InChI is InChI=1S/C50H58FN11O6/c1-2-68-38-26-39(45-37(27-52)29-54-62(45)31-38)35-5-7-42(53-28-35)59-19-14-49(15-20-59,56-48(67)50(51)12-13-50)32-58-21-23-60(24-22-58)44(64)11-18-57-16-9-33(10-17-57)34-3-4-36-30-61(47(66)40(36)25-34)41-6-8-43(63)55-46(41)65/h3-5,7,25-26,28-29,31,33,41H,2,6,8-24,30,32H2,1H3,(H,56,67)(H,55,63,65). The Morgan fingerprint density at radius 2 is 1.71 bits per heavy atom. The minimum atomic E-state index is -1.79. The number of rotatable bonds is 13. The highest BCUT2D eigenvalue weighted by molar-refractivity contribution is 6.05. The summed E-state index contributed by atoms with van der Waals surface area (Å²) in [6, 6.07) is 13.6. The molecule has 5 fully saturated rings. The number of halogens is 1. The van der Waals surface area contributed by atoms with Crippen molar-refractivity contribution in [3.8, 4) is 22.9 Å². The average Bonchev–Trinajstić information content (AvgIpc) is 3.85. The van der Waals surface area contributed by atoms with Gasteiger partial charge in [-0.3, -0.25) is 34.2 Å². The van der Waals surface area contributed by atoms with Crippen LogP contribution >= 0.6 is 0 Å². The molecular formula is C50H58FN11O6. The van der Waals surface area contributed by atoms with Gasteiger partial charge in [-0.2, -0.15) is 10.4 Å². The summed E-state index contributed by atoms with van der Waals surface area (Å²) in [5.41, 5.74) is 3.01. The number of aromatic nitrogens is 3. The SMILES string of the molecule is CCOc1cc(-c2ccc(N3CCC(CN4CCN(C(=O)CCN5CCC(c6ccc7c(c6)C(=O)N(C6CCC(=O)NC6=O)C7)CC5)CC4)(NC(=O)C4(F)CC4)CC3)nc2)c2c(C#N)cnn2c1. The number of amides is 5. The van der Waals surface area contributed by atoms with Crippen LogP contribution in [0.2, 0.25) is 0 Å². The molecule has 5 amide bonds. The maximum Gasteiger partial charge on any atom is 0.258 e. The van der Waals surface area contributed by atoms with Crippen molar-refractivity contribution in [3.05, 3.63) is 77.2 Å². The van der Waals surface area contributed by atoms with Gasteiger partial charge in [-0.15, -0.1) is 0 Å². The van der Waals surface area contributed by atoms with Gasteiger partial charge in [-0.25, -0.2) is 13.9 Å². The highest BCUT2D eigenvalue weighted by atomic mass is 19.1. The minimum absolute atomic E-state index is 0.134. The number of nitrogens with one attached hydrogen (secondary N) is 2. The van der Waals surface area contributed by atoms with Crippen LogP contribution in [-0.2, 0) is 25.7 Å². The van der Waals surface area contributed by atoms with Gasteiger partial charge in [0.25, 0.3) is 11.8 Å². The van der Waals surface area contributed by atoms with Crippen LogP contribution in [0.1, 0.15) is 97.7 Å². The summed E-state index contributed by atoms with van der Waals surface area (Å²) >= 11 is 0. The van der Waals surface area contributed by atoms with E-state index in [1.165, 1.54) is 0 Å². The van der Waals surface area contributed by atoms with E-state index in [1.807, 2.05) is 42.2 Å². The molecule has 356 valence electrons. The van der Waals surface area contributed by atoms with Gasteiger partial charge in [-0.1, -0.05) is 12.1 Å². The molecule has 1 aliphatic carbocycles. The second-order valence-corrected chi connectivity index (χ2v) is 19.4. The van der Waals surface area contributed by atoms with E-state index >= 15 is 4.39 Å². The summed E-state index contributed by atoms with van der Waals surface area (Å²) < 4.78 is 22.6. The number of alkyl halides is 1. The number of fused-ring (bicyclic) bond motifs is 2. The normalized spacial score (nSPS) is 21.9. The number of piperazine rings is 1. The Kier molecular flexibility index (Phi) is 12.4. The van der Waals surface area contributed by atoms with Crippen LogP contribution in [0.5, 0.6) is 5.75 Å². The molecule has 18 heteroatoms. The van der Waals surface area contributed by atoms with E-state index in [1.54, 1.807) is 28.0 Å². The molecule has 3 aromatic heterocycles.